The van der Waals surface area contributed by atoms with E-state index in [4.69, 9.17) is 5.73 Å². The van der Waals surface area contributed by atoms with Crippen LogP contribution < -0.4 is 5.73 Å². The van der Waals surface area contributed by atoms with Gasteiger partial charge in [-0.15, -0.1) is 0 Å². The lowest BCUT2D eigenvalue weighted by Crippen LogP contribution is -2.07. The summed E-state index contributed by atoms with van der Waals surface area (Å²) >= 11 is 0.332. The third-order valence-corrected chi connectivity index (χ3v) is 2.46. The topological polar surface area (TPSA) is 66.2 Å². The Balaban J connectivity index is 2.98. The average Bonchev–Trinajstić information content (AvgIpc) is 1.79. The average molecular weight is 181 g/mol. The van der Waals surface area contributed by atoms with Crippen LogP contribution in [0.4, 0.5) is 4.79 Å². The van der Waals surface area contributed by atoms with E-state index in [-0.39, 0.29) is 5.24 Å². The van der Waals surface area contributed by atoms with Crippen molar-refractivity contribution in [1.82, 2.24) is 0 Å². The molecule has 2 N–H and O–H groups in total. The normalized spacial score (nSPS) is 13.0. The van der Waals surface area contributed by atoms with Gasteiger partial charge in [-0.05, 0) is 0 Å². The molecule has 60 valence electrons. The van der Waals surface area contributed by atoms with Crippen molar-refractivity contribution in [3.8, 4) is 0 Å². The Morgan fingerprint density at radius 3 is 2.80 bits per heavy atom. The fraction of sp³-hybridized carbons (Fsp3) is 0.800. The number of nitrogens with two attached hydrogens (primary N) is 1. The SMILES string of the molecule is C[S+]([O-])CCCSC(N)=O. The maximum absolute atomic E-state index is 10.5. The van der Waals surface area contributed by atoms with E-state index in [1.165, 1.54) is 0 Å². The molecule has 0 aliphatic heterocycles. The van der Waals surface area contributed by atoms with Crippen molar-refractivity contribution >= 4 is 28.2 Å². The highest BCUT2D eigenvalue weighted by Gasteiger charge is 1.98. The zero-order chi connectivity index (χ0) is 7.98. The minimum absolute atomic E-state index is 0.359. The molecule has 3 nitrogen and oxygen atoms in total. The molecule has 0 aliphatic carbocycles. The first kappa shape index (κ1) is 10.1. The van der Waals surface area contributed by atoms with E-state index in [9.17, 15) is 9.35 Å². The summed E-state index contributed by atoms with van der Waals surface area (Å²) in [5, 5.41) is -0.359. The lowest BCUT2D eigenvalue weighted by atomic mass is 10.6. The van der Waals surface area contributed by atoms with Crippen molar-refractivity contribution in [2.24, 2.45) is 5.73 Å². The molecule has 0 rings (SSSR count). The number of hydrogen-bond acceptors (Lipinski definition) is 3. The summed E-state index contributed by atoms with van der Waals surface area (Å²) in [7, 11) is 0. The van der Waals surface area contributed by atoms with Gasteiger partial charge in [0, 0.05) is 12.2 Å². The first-order valence-electron chi connectivity index (χ1n) is 2.85. The van der Waals surface area contributed by atoms with Gasteiger partial charge in [0.1, 0.15) is 5.75 Å². The fourth-order valence-corrected chi connectivity index (χ4v) is 1.66. The molecule has 0 fully saturated rings. The summed E-state index contributed by atoms with van der Waals surface area (Å²) in [6.45, 7) is 0. The monoisotopic (exact) mass is 181 g/mol. The standard InChI is InChI=1S/C5H11NO2S2/c1-10(8)4-2-3-9-5(6)7/h2-4H2,1H3,(H2,6,7). The van der Waals surface area contributed by atoms with Gasteiger partial charge in [-0.2, -0.15) is 0 Å². The van der Waals surface area contributed by atoms with E-state index in [2.05, 4.69) is 0 Å². The molecule has 0 aromatic rings. The van der Waals surface area contributed by atoms with Crippen LogP contribution in [-0.2, 0) is 11.2 Å². The van der Waals surface area contributed by atoms with Crippen LogP contribution in [0.25, 0.3) is 0 Å². The number of carbonyl (C=O) groups excluding carboxylic acids is 1. The summed E-state index contributed by atoms with van der Waals surface area (Å²) < 4.78 is 10.5. The van der Waals surface area contributed by atoms with E-state index in [0.717, 1.165) is 18.2 Å². The van der Waals surface area contributed by atoms with Crippen LogP contribution in [0.5, 0.6) is 0 Å². The van der Waals surface area contributed by atoms with Crippen molar-refractivity contribution in [3.63, 3.8) is 0 Å². The van der Waals surface area contributed by atoms with Crippen molar-refractivity contribution in [3.05, 3.63) is 0 Å². The molecule has 0 aliphatic rings. The van der Waals surface area contributed by atoms with E-state index in [1.807, 2.05) is 0 Å². The van der Waals surface area contributed by atoms with Gasteiger partial charge in [-0.3, -0.25) is 4.79 Å². The van der Waals surface area contributed by atoms with Gasteiger partial charge < -0.3 is 10.3 Å². The number of primary amides is 1. The number of hydrogen-bond donors (Lipinski definition) is 1. The highest BCUT2D eigenvalue weighted by Crippen LogP contribution is 2.02. The first-order valence-corrected chi connectivity index (χ1v) is 5.56. The molecule has 1 atom stereocenters. The summed E-state index contributed by atoms with van der Waals surface area (Å²) in [5.74, 6) is 1.33. The van der Waals surface area contributed by atoms with E-state index < -0.39 is 11.2 Å². The highest BCUT2D eigenvalue weighted by molar-refractivity contribution is 8.13. The highest BCUT2D eigenvalue weighted by atomic mass is 32.2. The second-order valence-electron chi connectivity index (χ2n) is 1.80. The van der Waals surface area contributed by atoms with Gasteiger partial charge in [0.05, 0.1) is 6.26 Å². The molecule has 0 heterocycles. The Hall–Kier alpha value is 0.130. The third-order valence-electron chi connectivity index (χ3n) is 0.820. The van der Waals surface area contributed by atoms with Gasteiger partial charge in [0.25, 0.3) is 5.24 Å². The quantitative estimate of drug-likeness (QED) is 0.509. The van der Waals surface area contributed by atoms with Crippen molar-refractivity contribution in [2.45, 2.75) is 6.42 Å². The van der Waals surface area contributed by atoms with Crippen molar-refractivity contribution in [1.29, 1.82) is 0 Å². The van der Waals surface area contributed by atoms with Gasteiger partial charge in [-0.1, -0.05) is 22.9 Å². The summed E-state index contributed by atoms with van der Waals surface area (Å²) in [6, 6.07) is 0. The smallest absolute Gasteiger partial charge is 0.276 e. The number of carbonyl (C=O) groups is 1. The van der Waals surface area contributed by atoms with E-state index in [1.54, 1.807) is 6.26 Å². The van der Waals surface area contributed by atoms with Crippen molar-refractivity contribution < 1.29 is 9.35 Å². The minimum Gasteiger partial charge on any atom is -0.617 e. The number of amides is 1. The van der Waals surface area contributed by atoms with Crippen LogP contribution in [0, 0.1) is 0 Å². The predicted molar refractivity (Wildman–Crippen MR) is 45.6 cm³/mol. The van der Waals surface area contributed by atoms with Crippen LogP contribution >= 0.6 is 11.8 Å². The Morgan fingerprint density at radius 2 is 2.40 bits per heavy atom. The molecule has 10 heavy (non-hydrogen) atoms. The fourth-order valence-electron chi connectivity index (χ4n) is 0.435. The number of thioether (sulfide) groups is 1. The second kappa shape index (κ2) is 5.88. The molecule has 0 radical (unpaired) electrons. The molecule has 0 bridgehead atoms. The lowest BCUT2D eigenvalue weighted by molar-refractivity contribution is 0.267. The van der Waals surface area contributed by atoms with E-state index >= 15 is 0 Å². The van der Waals surface area contributed by atoms with Crippen molar-refractivity contribution in [2.75, 3.05) is 17.8 Å². The largest absolute Gasteiger partial charge is 0.617 e. The molecule has 1 unspecified atom stereocenters. The van der Waals surface area contributed by atoms with Gasteiger partial charge in [-0.25, -0.2) is 0 Å². The van der Waals surface area contributed by atoms with Crippen LogP contribution in [0.2, 0.25) is 0 Å². The molecule has 0 aromatic heterocycles. The summed E-state index contributed by atoms with van der Waals surface area (Å²) in [6.07, 6.45) is 2.44. The maximum atomic E-state index is 10.5. The zero-order valence-electron chi connectivity index (χ0n) is 5.83. The van der Waals surface area contributed by atoms with Gasteiger partial charge >= 0.3 is 0 Å². The Kier molecular flexibility index (Phi) is 5.96. The Labute approximate surface area is 67.9 Å². The third kappa shape index (κ3) is 8.13. The molecule has 0 saturated carbocycles. The first-order chi connectivity index (χ1) is 4.63. The second-order valence-corrected chi connectivity index (χ2v) is 4.45. The van der Waals surface area contributed by atoms with Crippen LogP contribution in [0.1, 0.15) is 6.42 Å². The lowest BCUT2D eigenvalue weighted by Gasteiger charge is -2.02. The molecule has 1 amide bonds. The van der Waals surface area contributed by atoms with Gasteiger partial charge in [0.2, 0.25) is 0 Å². The molecule has 0 aromatic carbocycles. The molecule has 0 spiro atoms. The molecular weight excluding hydrogens is 170 g/mol. The summed E-state index contributed by atoms with van der Waals surface area (Å²) in [4.78, 5) is 10.2. The van der Waals surface area contributed by atoms with E-state index in [0.29, 0.717) is 11.5 Å². The zero-order valence-corrected chi connectivity index (χ0v) is 7.46. The predicted octanol–water partition coefficient (Wildman–Crippen LogP) is 0.567. The number of rotatable bonds is 4. The Morgan fingerprint density at radius 1 is 1.80 bits per heavy atom. The minimum atomic E-state index is -0.746. The molecule has 0 saturated heterocycles. The Bertz CT molecular complexity index is 108. The molecule has 5 heteroatoms. The maximum Gasteiger partial charge on any atom is 0.276 e. The van der Waals surface area contributed by atoms with Crippen LogP contribution in [0.3, 0.4) is 0 Å². The van der Waals surface area contributed by atoms with Crippen LogP contribution in [0.15, 0.2) is 0 Å². The van der Waals surface area contributed by atoms with Gasteiger partial charge in [0.15, 0.2) is 0 Å². The summed E-state index contributed by atoms with van der Waals surface area (Å²) in [5.41, 5.74) is 4.86. The molecular formula is C5H11NO2S2. The van der Waals surface area contributed by atoms with Crippen LogP contribution in [-0.4, -0.2) is 27.6 Å².